The first kappa shape index (κ1) is 19.0. The molecule has 2 rings (SSSR count). The summed E-state index contributed by atoms with van der Waals surface area (Å²) in [6, 6.07) is 1.88. The number of aromatic nitrogens is 3. The number of thioether (sulfide) groups is 2. The third-order valence-electron chi connectivity index (χ3n) is 3.53. The molecule has 0 fully saturated rings. The highest BCUT2D eigenvalue weighted by atomic mass is 32.2. The number of rotatable bonds is 8. The van der Waals surface area contributed by atoms with Gasteiger partial charge in [0.25, 0.3) is 0 Å². The quantitative estimate of drug-likeness (QED) is 0.392. The summed E-state index contributed by atoms with van der Waals surface area (Å²) in [5, 5.41) is 8.08. The van der Waals surface area contributed by atoms with Crippen molar-refractivity contribution >= 4 is 46.6 Å². The maximum absolute atomic E-state index is 12.5. The molecule has 6 nitrogen and oxygen atoms in total. The van der Waals surface area contributed by atoms with Crippen LogP contribution in [0.4, 0.5) is 0 Å². The topological polar surface area (TPSA) is 74.1 Å². The van der Waals surface area contributed by atoms with Gasteiger partial charge in [-0.1, -0.05) is 34.9 Å². The number of Topliss-reactive ketones (excluding diaryl/α,β-unsaturated/α-hetero) is 1. The molecule has 0 atom stereocenters. The van der Waals surface area contributed by atoms with Gasteiger partial charge < -0.3 is 9.30 Å². The van der Waals surface area contributed by atoms with Crippen LogP contribution >= 0.6 is 34.9 Å². The number of methoxy groups -OCH3 is 1. The molecule has 130 valence electrons. The number of ketones is 1. The third kappa shape index (κ3) is 4.61. The molecule has 2 aromatic rings. The average molecular weight is 386 g/mol. The Kier molecular flexibility index (Phi) is 6.88. The maximum atomic E-state index is 12.5. The van der Waals surface area contributed by atoms with Crippen LogP contribution in [-0.4, -0.2) is 45.6 Å². The van der Waals surface area contributed by atoms with Crippen LogP contribution in [0, 0.1) is 13.8 Å². The molecule has 0 saturated heterocycles. The highest BCUT2D eigenvalue weighted by Gasteiger charge is 2.17. The second kappa shape index (κ2) is 8.68. The second-order valence-corrected chi connectivity index (χ2v) is 8.27. The number of carbonyl (C=O) groups is 2. The van der Waals surface area contributed by atoms with Crippen LogP contribution in [0.25, 0.3) is 0 Å². The van der Waals surface area contributed by atoms with Crippen LogP contribution in [0.15, 0.2) is 14.7 Å². The Morgan fingerprint density at radius 3 is 2.62 bits per heavy atom. The van der Waals surface area contributed by atoms with Crippen molar-refractivity contribution in [3.8, 4) is 0 Å². The van der Waals surface area contributed by atoms with Gasteiger partial charge >= 0.3 is 5.97 Å². The average Bonchev–Trinajstić information content (AvgIpc) is 3.15. The Hall–Kier alpha value is -1.32. The number of hydrogen-bond acceptors (Lipinski definition) is 8. The predicted molar refractivity (Wildman–Crippen MR) is 97.3 cm³/mol. The lowest BCUT2D eigenvalue weighted by molar-refractivity contribution is -0.140. The molecule has 0 unspecified atom stereocenters. The summed E-state index contributed by atoms with van der Waals surface area (Å²) in [6.45, 7) is 4.35. The maximum Gasteiger partial charge on any atom is 0.307 e. The molecule has 24 heavy (non-hydrogen) atoms. The minimum atomic E-state index is -0.258. The summed E-state index contributed by atoms with van der Waals surface area (Å²) in [5.74, 6) is 0.120. The molecule has 0 radical (unpaired) electrons. The molecule has 0 saturated carbocycles. The summed E-state index contributed by atoms with van der Waals surface area (Å²) < 4.78 is 8.34. The molecule has 0 aromatic carbocycles. The van der Waals surface area contributed by atoms with Crippen molar-refractivity contribution in [3.63, 3.8) is 0 Å². The van der Waals surface area contributed by atoms with Gasteiger partial charge in [0, 0.05) is 23.5 Å². The Balaban J connectivity index is 2.02. The van der Waals surface area contributed by atoms with Crippen molar-refractivity contribution in [2.24, 2.45) is 0 Å². The van der Waals surface area contributed by atoms with E-state index in [0.717, 1.165) is 20.1 Å². The summed E-state index contributed by atoms with van der Waals surface area (Å²) in [6.07, 6.45) is 2.24. The molecule has 9 heteroatoms. The van der Waals surface area contributed by atoms with E-state index < -0.39 is 0 Å². The largest absolute Gasteiger partial charge is 0.469 e. The molecule has 0 aliphatic heterocycles. The zero-order chi connectivity index (χ0) is 17.7. The van der Waals surface area contributed by atoms with Crippen LogP contribution in [0.1, 0.15) is 28.2 Å². The molecular formula is C15H19N3O3S3. The van der Waals surface area contributed by atoms with Crippen molar-refractivity contribution < 1.29 is 14.3 Å². The van der Waals surface area contributed by atoms with Crippen molar-refractivity contribution in [1.82, 2.24) is 14.8 Å². The van der Waals surface area contributed by atoms with E-state index in [2.05, 4.69) is 14.9 Å². The van der Waals surface area contributed by atoms with Crippen LogP contribution in [0.3, 0.4) is 0 Å². The third-order valence-corrected chi connectivity index (χ3v) is 6.56. The van der Waals surface area contributed by atoms with Crippen LogP contribution < -0.4 is 0 Å². The van der Waals surface area contributed by atoms with Gasteiger partial charge in [-0.2, -0.15) is 0 Å². The van der Waals surface area contributed by atoms with Crippen molar-refractivity contribution in [2.45, 2.75) is 35.5 Å². The normalized spacial score (nSPS) is 10.8. The number of esters is 1. The summed E-state index contributed by atoms with van der Waals surface area (Å²) in [4.78, 5) is 23.8. The Morgan fingerprint density at radius 2 is 2.00 bits per heavy atom. The van der Waals surface area contributed by atoms with Gasteiger partial charge in [-0.05, 0) is 26.2 Å². The molecule has 0 bridgehead atoms. The molecule has 2 heterocycles. The molecule has 0 amide bonds. The second-order valence-electron chi connectivity index (χ2n) is 5.01. The number of nitrogens with zero attached hydrogens (tertiary/aromatic N) is 3. The highest BCUT2D eigenvalue weighted by Crippen LogP contribution is 2.28. The van der Waals surface area contributed by atoms with Crippen molar-refractivity contribution in [1.29, 1.82) is 0 Å². The number of ether oxygens (including phenoxy) is 1. The smallest absolute Gasteiger partial charge is 0.307 e. The van der Waals surface area contributed by atoms with E-state index in [0.29, 0.717) is 17.9 Å². The summed E-state index contributed by atoms with van der Waals surface area (Å²) in [5.41, 5.74) is 2.54. The molecule has 0 aliphatic rings. The standard InChI is InChI=1S/C15H19N3O3S3/c1-9-7-11(10(2)18(9)6-5-13(20)21-3)12(19)8-23-15-17-16-14(22-4)24-15/h7H,5-6,8H2,1-4H3. The van der Waals surface area contributed by atoms with E-state index in [9.17, 15) is 9.59 Å². The van der Waals surface area contributed by atoms with Crippen LogP contribution in [-0.2, 0) is 16.1 Å². The van der Waals surface area contributed by atoms with Gasteiger partial charge in [-0.15, -0.1) is 10.2 Å². The molecule has 0 spiro atoms. The Bertz CT molecular complexity index is 740. The van der Waals surface area contributed by atoms with Gasteiger partial charge in [0.05, 0.1) is 19.3 Å². The van der Waals surface area contributed by atoms with E-state index in [1.165, 1.54) is 30.2 Å². The van der Waals surface area contributed by atoms with Gasteiger partial charge in [0.1, 0.15) is 0 Å². The van der Waals surface area contributed by atoms with Crippen LogP contribution in [0.5, 0.6) is 0 Å². The zero-order valence-corrected chi connectivity index (χ0v) is 16.4. The fraction of sp³-hybridized carbons (Fsp3) is 0.467. The SMILES string of the molecule is COC(=O)CCn1c(C)cc(C(=O)CSc2nnc(SC)s2)c1C. The lowest BCUT2D eigenvalue weighted by atomic mass is 10.2. The minimum Gasteiger partial charge on any atom is -0.469 e. The molecule has 2 aromatic heterocycles. The van der Waals surface area contributed by atoms with Gasteiger partial charge in [-0.25, -0.2) is 0 Å². The number of hydrogen-bond donors (Lipinski definition) is 0. The summed E-state index contributed by atoms with van der Waals surface area (Å²) in [7, 11) is 1.37. The van der Waals surface area contributed by atoms with Gasteiger partial charge in [-0.3, -0.25) is 9.59 Å². The first-order valence-corrected chi connectivity index (χ1v) is 10.3. The Labute approximate surface area is 153 Å². The first-order chi connectivity index (χ1) is 11.5. The lowest BCUT2D eigenvalue weighted by Gasteiger charge is -2.08. The zero-order valence-electron chi connectivity index (χ0n) is 14.0. The number of aryl methyl sites for hydroxylation is 1. The van der Waals surface area contributed by atoms with E-state index in [4.69, 9.17) is 0 Å². The monoisotopic (exact) mass is 385 g/mol. The fourth-order valence-corrected chi connectivity index (χ4v) is 4.60. The Morgan fingerprint density at radius 1 is 1.29 bits per heavy atom. The van der Waals surface area contributed by atoms with Gasteiger partial charge in [0.2, 0.25) is 0 Å². The van der Waals surface area contributed by atoms with E-state index in [-0.39, 0.29) is 18.2 Å². The van der Waals surface area contributed by atoms with E-state index in [1.807, 2.05) is 30.7 Å². The van der Waals surface area contributed by atoms with E-state index in [1.54, 1.807) is 11.8 Å². The predicted octanol–water partition coefficient (Wildman–Crippen LogP) is 3.22. The fourth-order valence-electron chi connectivity index (χ4n) is 2.28. The first-order valence-electron chi connectivity index (χ1n) is 7.23. The summed E-state index contributed by atoms with van der Waals surface area (Å²) >= 11 is 4.44. The van der Waals surface area contributed by atoms with Crippen molar-refractivity contribution in [2.75, 3.05) is 19.1 Å². The lowest BCUT2D eigenvalue weighted by Crippen LogP contribution is -2.10. The molecule has 0 aliphatic carbocycles. The minimum absolute atomic E-state index is 0.0540. The van der Waals surface area contributed by atoms with Crippen LogP contribution in [0.2, 0.25) is 0 Å². The van der Waals surface area contributed by atoms with E-state index >= 15 is 0 Å². The molecule has 0 N–H and O–H groups in total. The molecular weight excluding hydrogens is 366 g/mol. The highest BCUT2D eigenvalue weighted by molar-refractivity contribution is 8.03. The number of carbonyl (C=O) groups excluding carboxylic acids is 2. The van der Waals surface area contributed by atoms with Gasteiger partial charge in [0.15, 0.2) is 14.5 Å². The van der Waals surface area contributed by atoms with Crippen molar-refractivity contribution in [3.05, 3.63) is 23.0 Å².